The molecule has 2 bridgehead atoms. The lowest BCUT2D eigenvalue weighted by Crippen LogP contribution is -2.48. The van der Waals surface area contributed by atoms with Crippen molar-refractivity contribution in [2.75, 3.05) is 0 Å². The SMILES string of the molecule is O=C(c1ccc([N+](=O)[O-])cc1Cl)N1C2CCC1CC(O)C2. The molecule has 2 aliphatic rings. The van der Waals surface area contributed by atoms with Crippen LogP contribution in [0.25, 0.3) is 0 Å². The summed E-state index contributed by atoms with van der Waals surface area (Å²) in [5, 5.41) is 20.6. The fourth-order valence-corrected chi connectivity index (χ4v) is 3.67. The number of rotatable bonds is 2. The van der Waals surface area contributed by atoms with Crippen molar-refractivity contribution in [2.24, 2.45) is 0 Å². The first kappa shape index (κ1) is 14.3. The summed E-state index contributed by atoms with van der Waals surface area (Å²) < 4.78 is 0. The van der Waals surface area contributed by atoms with E-state index in [-0.39, 0.29) is 40.4 Å². The number of hydrogen-bond acceptors (Lipinski definition) is 4. The third-order valence-corrected chi connectivity index (χ3v) is 4.65. The van der Waals surface area contributed by atoms with Crippen LogP contribution >= 0.6 is 11.6 Å². The molecule has 1 amide bonds. The van der Waals surface area contributed by atoms with Crippen LogP contribution in [0.5, 0.6) is 0 Å². The predicted molar refractivity (Wildman–Crippen MR) is 76.3 cm³/mol. The van der Waals surface area contributed by atoms with Crippen LogP contribution in [0.3, 0.4) is 0 Å². The Hall–Kier alpha value is -1.66. The Kier molecular flexibility index (Phi) is 3.59. The zero-order valence-electron chi connectivity index (χ0n) is 11.2. The summed E-state index contributed by atoms with van der Waals surface area (Å²) in [6.07, 6.45) is 2.61. The molecule has 112 valence electrons. The summed E-state index contributed by atoms with van der Waals surface area (Å²) in [7, 11) is 0. The number of nitro groups is 1. The normalized spacial score (nSPS) is 27.7. The van der Waals surface area contributed by atoms with Crippen LogP contribution < -0.4 is 0 Å². The minimum atomic E-state index is -0.541. The van der Waals surface area contributed by atoms with Crippen molar-refractivity contribution in [2.45, 2.75) is 43.9 Å². The summed E-state index contributed by atoms with van der Waals surface area (Å²) in [6.45, 7) is 0. The number of aliphatic hydroxyl groups is 1. The van der Waals surface area contributed by atoms with Crippen molar-refractivity contribution in [3.63, 3.8) is 0 Å². The molecule has 21 heavy (non-hydrogen) atoms. The van der Waals surface area contributed by atoms with Gasteiger partial charge in [-0.25, -0.2) is 0 Å². The van der Waals surface area contributed by atoms with Crippen molar-refractivity contribution in [3.8, 4) is 0 Å². The Morgan fingerprint density at radius 3 is 2.48 bits per heavy atom. The van der Waals surface area contributed by atoms with Crippen LogP contribution in [0, 0.1) is 10.1 Å². The quantitative estimate of drug-likeness (QED) is 0.671. The van der Waals surface area contributed by atoms with Crippen LogP contribution in [0.2, 0.25) is 5.02 Å². The maximum atomic E-state index is 12.7. The lowest BCUT2D eigenvalue weighted by atomic mass is 9.98. The average Bonchev–Trinajstić information content (AvgIpc) is 2.70. The van der Waals surface area contributed by atoms with Crippen LogP contribution in [-0.2, 0) is 0 Å². The van der Waals surface area contributed by atoms with Crippen molar-refractivity contribution < 1.29 is 14.8 Å². The molecule has 2 atom stereocenters. The van der Waals surface area contributed by atoms with Gasteiger partial charge in [0.15, 0.2) is 0 Å². The van der Waals surface area contributed by atoms with E-state index in [0.29, 0.717) is 12.8 Å². The number of benzene rings is 1. The van der Waals surface area contributed by atoms with Crippen LogP contribution in [-0.4, -0.2) is 39.0 Å². The van der Waals surface area contributed by atoms with E-state index in [0.717, 1.165) is 12.8 Å². The third kappa shape index (κ3) is 2.49. The highest BCUT2D eigenvalue weighted by atomic mass is 35.5. The van der Waals surface area contributed by atoms with E-state index in [2.05, 4.69) is 0 Å². The van der Waals surface area contributed by atoms with E-state index in [4.69, 9.17) is 11.6 Å². The highest BCUT2D eigenvalue weighted by molar-refractivity contribution is 6.34. The number of piperidine rings is 1. The smallest absolute Gasteiger partial charge is 0.270 e. The summed E-state index contributed by atoms with van der Waals surface area (Å²) in [5.41, 5.74) is 0.157. The second-order valence-corrected chi connectivity index (χ2v) is 6.05. The Morgan fingerprint density at radius 1 is 1.33 bits per heavy atom. The van der Waals surface area contributed by atoms with Gasteiger partial charge in [0, 0.05) is 24.2 Å². The number of nitro benzene ring substituents is 1. The zero-order valence-corrected chi connectivity index (χ0v) is 12.0. The van der Waals surface area contributed by atoms with E-state index in [1.165, 1.54) is 18.2 Å². The van der Waals surface area contributed by atoms with Gasteiger partial charge in [-0.05, 0) is 31.7 Å². The molecule has 2 fully saturated rings. The van der Waals surface area contributed by atoms with E-state index in [9.17, 15) is 20.0 Å². The lowest BCUT2D eigenvalue weighted by Gasteiger charge is -2.37. The molecule has 6 nitrogen and oxygen atoms in total. The molecule has 2 unspecified atom stereocenters. The predicted octanol–water partition coefficient (Wildman–Crippen LogP) is 2.38. The molecule has 3 rings (SSSR count). The van der Waals surface area contributed by atoms with Gasteiger partial charge in [0.25, 0.3) is 11.6 Å². The summed E-state index contributed by atoms with van der Waals surface area (Å²) in [4.78, 5) is 24.6. The number of carbonyl (C=O) groups excluding carboxylic acids is 1. The minimum Gasteiger partial charge on any atom is -0.393 e. The highest BCUT2D eigenvalue weighted by Gasteiger charge is 2.43. The van der Waals surface area contributed by atoms with Crippen LogP contribution in [0.1, 0.15) is 36.0 Å². The lowest BCUT2D eigenvalue weighted by molar-refractivity contribution is -0.384. The van der Waals surface area contributed by atoms with Crippen LogP contribution in [0.4, 0.5) is 5.69 Å². The molecule has 0 spiro atoms. The average molecular weight is 311 g/mol. The fraction of sp³-hybridized carbons (Fsp3) is 0.500. The molecule has 7 heteroatoms. The number of hydrogen-bond donors (Lipinski definition) is 1. The molecule has 2 saturated heterocycles. The monoisotopic (exact) mass is 310 g/mol. The van der Waals surface area contributed by atoms with Gasteiger partial charge in [-0.15, -0.1) is 0 Å². The Bertz CT molecular complexity index is 593. The summed E-state index contributed by atoms with van der Waals surface area (Å²) >= 11 is 6.03. The first-order valence-electron chi connectivity index (χ1n) is 6.92. The zero-order chi connectivity index (χ0) is 15.1. The molecular formula is C14H15ClN2O4. The maximum Gasteiger partial charge on any atom is 0.270 e. The van der Waals surface area contributed by atoms with Gasteiger partial charge in [0.1, 0.15) is 0 Å². The topological polar surface area (TPSA) is 83.7 Å². The molecule has 2 aliphatic heterocycles. The van der Waals surface area contributed by atoms with Gasteiger partial charge in [0.2, 0.25) is 0 Å². The number of aliphatic hydroxyl groups excluding tert-OH is 1. The van der Waals surface area contributed by atoms with Crippen molar-refractivity contribution in [1.29, 1.82) is 0 Å². The molecule has 0 radical (unpaired) electrons. The van der Waals surface area contributed by atoms with Gasteiger partial charge in [-0.2, -0.15) is 0 Å². The number of amides is 1. The number of halogens is 1. The van der Waals surface area contributed by atoms with E-state index in [1.54, 1.807) is 4.90 Å². The van der Waals surface area contributed by atoms with Gasteiger partial charge >= 0.3 is 0 Å². The Labute approximate surface area is 126 Å². The number of non-ortho nitro benzene ring substituents is 1. The molecule has 0 aromatic heterocycles. The van der Waals surface area contributed by atoms with E-state index >= 15 is 0 Å². The van der Waals surface area contributed by atoms with Crippen molar-refractivity contribution in [3.05, 3.63) is 38.9 Å². The third-order valence-electron chi connectivity index (χ3n) is 4.34. The fourth-order valence-electron chi connectivity index (χ4n) is 3.41. The van der Waals surface area contributed by atoms with E-state index in [1.807, 2.05) is 0 Å². The first-order chi connectivity index (χ1) is 9.97. The maximum absolute atomic E-state index is 12.7. The second-order valence-electron chi connectivity index (χ2n) is 5.64. The summed E-state index contributed by atoms with van der Waals surface area (Å²) in [5.74, 6) is -0.200. The molecule has 1 aromatic carbocycles. The first-order valence-corrected chi connectivity index (χ1v) is 7.30. The molecule has 1 aromatic rings. The number of nitrogens with zero attached hydrogens (tertiary/aromatic N) is 2. The molecule has 0 saturated carbocycles. The Morgan fingerprint density at radius 2 is 1.95 bits per heavy atom. The molecule has 0 aliphatic carbocycles. The molecule has 1 N–H and O–H groups in total. The van der Waals surface area contributed by atoms with Gasteiger partial charge in [-0.1, -0.05) is 11.6 Å². The van der Waals surface area contributed by atoms with E-state index < -0.39 is 4.92 Å². The van der Waals surface area contributed by atoms with Gasteiger partial charge < -0.3 is 10.0 Å². The molecule has 2 heterocycles. The van der Waals surface area contributed by atoms with Crippen LogP contribution in [0.15, 0.2) is 18.2 Å². The Balaban J connectivity index is 1.88. The largest absolute Gasteiger partial charge is 0.393 e. The minimum absolute atomic E-state index is 0.0394. The van der Waals surface area contributed by atoms with Gasteiger partial charge in [-0.3, -0.25) is 14.9 Å². The number of fused-ring (bicyclic) bond motifs is 2. The summed E-state index contributed by atoms with van der Waals surface area (Å²) in [6, 6.07) is 3.98. The molecular weight excluding hydrogens is 296 g/mol. The van der Waals surface area contributed by atoms with Gasteiger partial charge in [0.05, 0.1) is 21.6 Å². The number of carbonyl (C=O) groups is 1. The van der Waals surface area contributed by atoms with Crippen molar-refractivity contribution >= 4 is 23.2 Å². The standard InChI is InChI=1S/C14H15ClN2O4/c15-13-7-10(17(20)21)3-4-12(13)14(19)16-8-1-2-9(16)6-11(18)5-8/h3-4,7-9,11,18H,1-2,5-6H2. The van der Waals surface area contributed by atoms with Crippen molar-refractivity contribution in [1.82, 2.24) is 4.90 Å². The highest BCUT2D eigenvalue weighted by Crippen LogP contribution is 2.37. The second kappa shape index (κ2) is 5.27.